The van der Waals surface area contributed by atoms with Gasteiger partial charge in [0.15, 0.2) is 0 Å². The molecule has 4 heteroatoms. The Morgan fingerprint density at radius 3 is 2.93 bits per heavy atom. The molecule has 2 N–H and O–H groups in total. The van der Waals surface area contributed by atoms with Crippen molar-refractivity contribution in [2.24, 2.45) is 0 Å². The minimum Gasteiger partial charge on any atom is -0.389 e. The van der Waals surface area contributed by atoms with E-state index in [1.165, 1.54) is 0 Å². The molecule has 0 radical (unpaired) electrons. The van der Waals surface area contributed by atoms with E-state index in [-0.39, 0.29) is 6.04 Å². The lowest BCUT2D eigenvalue weighted by atomic mass is 10.0. The van der Waals surface area contributed by atoms with Crippen LogP contribution in [0.1, 0.15) is 45.3 Å². The maximum absolute atomic E-state index is 9.98. The van der Waals surface area contributed by atoms with E-state index in [0.29, 0.717) is 6.54 Å². The van der Waals surface area contributed by atoms with Gasteiger partial charge in [0.2, 0.25) is 0 Å². The van der Waals surface area contributed by atoms with Gasteiger partial charge in [0.1, 0.15) is 0 Å². The van der Waals surface area contributed by atoms with Crippen molar-refractivity contribution in [3.8, 4) is 0 Å². The molecule has 0 aliphatic rings. The van der Waals surface area contributed by atoms with Gasteiger partial charge in [-0.3, -0.25) is 0 Å². The summed E-state index contributed by atoms with van der Waals surface area (Å²) in [6.45, 7) is 6.63. The van der Waals surface area contributed by atoms with Gasteiger partial charge in [0.05, 0.1) is 16.8 Å². The largest absolute Gasteiger partial charge is 0.389 e. The van der Waals surface area contributed by atoms with Crippen LogP contribution in [0.4, 0.5) is 0 Å². The summed E-state index contributed by atoms with van der Waals surface area (Å²) in [7, 11) is 0. The quantitative estimate of drug-likeness (QED) is 0.785. The third-order valence-corrected chi connectivity index (χ3v) is 3.08. The lowest BCUT2D eigenvalue weighted by molar-refractivity contribution is 0.0476. The zero-order valence-electron chi connectivity index (χ0n) is 9.66. The molecule has 0 saturated heterocycles. The van der Waals surface area contributed by atoms with Crippen molar-refractivity contribution in [3.63, 3.8) is 0 Å². The van der Waals surface area contributed by atoms with Crippen molar-refractivity contribution in [2.45, 2.75) is 45.3 Å². The molecule has 86 valence electrons. The highest BCUT2D eigenvalue weighted by Crippen LogP contribution is 2.15. The van der Waals surface area contributed by atoms with Crippen molar-refractivity contribution in [1.82, 2.24) is 10.3 Å². The molecule has 2 atom stereocenters. The Kier molecular flexibility index (Phi) is 4.70. The first-order chi connectivity index (χ1) is 7.05. The predicted octanol–water partition coefficient (Wildman–Crippen LogP) is 2.34. The molecule has 0 aliphatic heterocycles. The van der Waals surface area contributed by atoms with Crippen LogP contribution in [0.3, 0.4) is 0 Å². The summed E-state index contributed by atoms with van der Waals surface area (Å²) in [6.07, 6.45) is 1.82. The average Bonchev–Trinajstić information content (AvgIpc) is 2.67. The van der Waals surface area contributed by atoms with Crippen LogP contribution in [0.5, 0.6) is 0 Å². The summed E-state index contributed by atoms with van der Waals surface area (Å²) in [5.41, 5.74) is 2.27. The van der Waals surface area contributed by atoms with Gasteiger partial charge in [-0.1, -0.05) is 13.3 Å². The van der Waals surface area contributed by atoms with Gasteiger partial charge in [-0.15, -0.1) is 11.3 Å². The number of nitrogens with one attached hydrogen (secondary N) is 1. The Morgan fingerprint density at radius 2 is 2.40 bits per heavy atom. The van der Waals surface area contributed by atoms with Gasteiger partial charge in [-0.2, -0.15) is 0 Å². The van der Waals surface area contributed by atoms with Gasteiger partial charge in [-0.05, 0) is 20.3 Å². The summed E-state index contributed by atoms with van der Waals surface area (Å²) in [5.74, 6) is 0. The SMILES string of the molecule is CCCC(C)(O)CNC(C)c1cscn1. The standard InChI is InChI=1S/C11H20N2OS/c1-4-5-11(3,14)7-12-9(2)10-6-15-8-13-10/h6,8-9,12,14H,4-5,7H2,1-3H3. The monoisotopic (exact) mass is 228 g/mol. The van der Waals surface area contributed by atoms with Gasteiger partial charge in [0, 0.05) is 18.0 Å². The van der Waals surface area contributed by atoms with Crippen LogP contribution >= 0.6 is 11.3 Å². The molecule has 0 bridgehead atoms. The van der Waals surface area contributed by atoms with E-state index >= 15 is 0 Å². The number of hydrogen-bond acceptors (Lipinski definition) is 4. The van der Waals surface area contributed by atoms with Crippen LogP contribution < -0.4 is 5.32 Å². The zero-order valence-corrected chi connectivity index (χ0v) is 10.5. The number of hydrogen-bond donors (Lipinski definition) is 2. The summed E-state index contributed by atoms with van der Waals surface area (Å²) in [4.78, 5) is 4.24. The predicted molar refractivity (Wildman–Crippen MR) is 64.1 cm³/mol. The molecule has 1 aromatic rings. The molecule has 2 unspecified atom stereocenters. The fourth-order valence-corrected chi connectivity index (χ4v) is 2.19. The minimum absolute atomic E-state index is 0.208. The second kappa shape index (κ2) is 5.58. The Hall–Kier alpha value is -0.450. The number of thiazole rings is 1. The molecule has 0 aromatic carbocycles. The number of rotatable bonds is 6. The van der Waals surface area contributed by atoms with Gasteiger partial charge >= 0.3 is 0 Å². The van der Waals surface area contributed by atoms with Crippen molar-refractivity contribution in [2.75, 3.05) is 6.54 Å². The number of aromatic nitrogens is 1. The molecular formula is C11H20N2OS. The van der Waals surface area contributed by atoms with Crippen LogP contribution in [0.15, 0.2) is 10.9 Å². The highest BCUT2D eigenvalue weighted by atomic mass is 32.1. The Balaban J connectivity index is 2.37. The number of nitrogens with zero attached hydrogens (tertiary/aromatic N) is 1. The maximum atomic E-state index is 9.98. The molecule has 0 spiro atoms. The normalized spacial score (nSPS) is 17.3. The third kappa shape index (κ3) is 4.28. The van der Waals surface area contributed by atoms with Crippen LogP contribution in [-0.4, -0.2) is 22.2 Å². The van der Waals surface area contributed by atoms with Crippen molar-refractivity contribution in [3.05, 3.63) is 16.6 Å². The lowest BCUT2D eigenvalue weighted by Gasteiger charge is -2.25. The topological polar surface area (TPSA) is 45.1 Å². The molecule has 0 saturated carbocycles. The highest BCUT2D eigenvalue weighted by molar-refractivity contribution is 7.07. The van der Waals surface area contributed by atoms with Gasteiger partial charge in [-0.25, -0.2) is 4.98 Å². The summed E-state index contributed by atoms with van der Waals surface area (Å²) in [5, 5.41) is 15.3. The summed E-state index contributed by atoms with van der Waals surface area (Å²) >= 11 is 1.60. The fourth-order valence-electron chi connectivity index (χ4n) is 1.54. The lowest BCUT2D eigenvalue weighted by Crippen LogP contribution is -2.38. The van der Waals surface area contributed by atoms with Crippen molar-refractivity contribution >= 4 is 11.3 Å². The van der Waals surface area contributed by atoms with E-state index < -0.39 is 5.60 Å². The van der Waals surface area contributed by atoms with E-state index in [1.807, 2.05) is 17.8 Å². The Bertz CT molecular complexity index is 272. The minimum atomic E-state index is -0.612. The molecule has 3 nitrogen and oxygen atoms in total. The molecule has 1 rings (SSSR count). The summed E-state index contributed by atoms with van der Waals surface area (Å²) < 4.78 is 0. The highest BCUT2D eigenvalue weighted by Gasteiger charge is 2.20. The molecule has 1 aromatic heterocycles. The second-order valence-corrected chi connectivity index (χ2v) is 4.98. The first-order valence-corrected chi connectivity index (χ1v) is 6.33. The van der Waals surface area contributed by atoms with Gasteiger partial charge in [0.25, 0.3) is 0 Å². The fraction of sp³-hybridized carbons (Fsp3) is 0.727. The molecule has 0 amide bonds. The van der Waals surface area contributed by atoms with Crippen molar-refractivity contribution < 1.29 is 5.11 Å². The van der Waals surface area contributed by atoms with E-state index in [9.17, 15) is 5.11 Å². The number of aliphatic hydroxyl groups is 1. The van der Waals surface area contributed by atoms with Crippen molar-refractivity contribution in [1.29, 1.82) is 0 Å². The van der Waals surface area contributed by atoms with Crippen LogP contribution in [0.2, 0.25) is 0 Å². The maximum Gasteiger partial charge on any atom is 0.0795 e. The van der Waals surface area contributed by atoms with Gasteiger partial charge < -0.3 is 10.4 Å². The molecule has 1 heterocycles. The van der Waals surface area contributed by atoms with E-state index in [2.05, 4.69) is 24.1 Å². The molecule has 15 heavy (non-hydrogen) atoms. The smallest absolute Gasteiger partial charge is 0.0795 e. The van der Waals surface area contributed by atoms with Crippen LogP contribution in [-0.2, 0) is 0 Å². The average molecular weight is 228 g/mol. The first kappa shape index (κ1) is 12.6. The van der Waals surface area contributed by atoms with E-state index in [4.69, 9.17) is 0 Å². The van der Waals surface area contributed by atoms with E-state index in [0.717, 1.165) is 18.5 Å². The molecular weight excluding hydrogens is 208 g/mol. The van der Waals surface area contributed by atoms with Crippen LogP contribution in [0, 0.1) is 0 Å². The molecule has 0 aliphatic carbocycles. The zero-order chi connectivity index (χ0) is 11.3. The first-order valence-electron chi connectivity index (χ1n) is 5.39. The molecule has 0 fully saturated rings. The second-order valence-electron chi connectivity index (χ2n) is 4.26. The van der Waals surface area contributed by atoms with E-state index in [1.54, 1.807) is 11.3 Å². The Labute approximate surface area is 95.6 Å². The Morgan fingerprint density at radius 1 is 1.67 bits per heavy atom. The van der Waals surface area contributed by atoms with Crippen LogP contribution in [0.25, 0.3) is 0 Å². The third-order valence-electron chi connectivity index (χ3n) is 2.47. The summed E-state index contributed by atoms with van der Waals surface area (Å²) in [6, 6.07) is 0.208.